The number of Topliss-reactive ketones (excluding diaryl/α,β-unsaturated/α-hetero) is 1. The lowest BCUT2D eigenvalue weighted by Gasteiger charge is -2.02. The molecule has 2 aromatic rings. The molecule has 0 saturated carbocycles. The van der Waals surface area contributed by atoms with E-state index in [0.717, 1.165) is 11.4 Å². The summed E-state index contributed by atoms with van der Waals surface area (Å²) in [6.07, 6.45) is 4.10. The van der Waals surface area contributed by atoms with Gasteiger partial charge in [0, 0.05) is 31.0 Å². The van der Waals surface area contributed by atoms with Gasteiger partial charge < -0.3 is 5.11 Å². The summed E-state index contributed by atoms with van der Waals surface area (Å²) >= 11 is 0. The van der Waals surface area contributed by atoms with Crippen molar-refractivity contribution in [1.82, 2.24) is 9.97 Å². The molecule has 0 fully saturated rings. The van der Waals surface area contributed by atoms with E-state index in [1.165, 1.54) is 0 Å². The zero-order valence-electron chi connectivity index (χ0n) is 9.91. The van der Waals surface area contributed by atoms with Crippen LogP contribution in [0.2, 0.25) is 0 Å². The van der Waals surface area contributed by atoms with Gasteiger partial charge in [-0.3, -0.25) is 14.8 Å². The highest BCUT2D eigenvalue weighted by Gasteiger charge is 2.06. The van der Waals surface area contributed by atoms with Crippen LogP contribution in [-0.4, -0.2) is 27.5 Å². The van der Waals surface area contributed by atoms with Crippen molar-refractivity contribution in [3.63, 3.8) is 0 Å². The van der Waals surface area contributed by atoms with Crippen molar-refractivity contribution in [3.05, 3.63) is 48.3 Å². The number of carbonyl (C=O) groups excluding carboxylic acids is 1. The van der Waals surface area contributed by atoms with Gasteiger partial charge in [0.25, 0.3) is 0 Å². The van der Waals surface area contributed by atoms with Crippen molar-refractivity contribution >= 4 is 5.78 Å². The molecule has 92 valence electrons. The first-order chi connectivity index (χ1) is 8.81. The molecule has 0 radical (unpaired) electrons. The monoisotopic (exact) mass is 242 g/mol. The molecule has 0 saturated heterocycles. The molecule has 0 aromatic carbocycles. The van der Waals surface area contributed by atoms with Crippen molar-refractivity contribution in [3.8, 4) is 11.4 Å². The summed E-state index contributed by atoms with van der Waals surface area (Å²) in [6, 6.07) is 9.14. The molecule has 0 aliphatic rings. The van der Waals surface area contributed by atoms with Gasteiger partial charge in [-0.05, 0) is 30.7 Å². The SMILES string of the molecule is O=C(CCCO)c1ccc(-c2ccccn2)nc1. The fourth-order valence-electron chi connectivity index (χ4n) is 1.61. The molecule has 1 N–H and O–H groups in total. The van der Waals surface area contributed by atoms with Crippen molar-refractivity contribution < 1.29 is 9.90 Å². The predicted molar refractivity (Wildman–Crippen MR) is 68.1 cm³/mol. The van der Waals surface area contributed by atoms with Gasteiger partial charge in [-0.15, -0.1) is 0 Å². The Morgan fingerprint density at radius 3 is 2.56 bits per heavy atom. The highest BCUT2D eigenvalue weighted by atomic mass is 16.3. The molecule has 4 nitrogen and oxygen atoms in total. The number of hydrogen-bond acceptors (Lipinski definition) is 4. The van der Waals surface area contributed by atoms with Crippen molar-refractivity contribution in [2.24, 2.45) is 0 Å². The van der Waals surface area contributed by atoms with E-state index in [1.807, 2.05) is 18.2 Å². The van der Waals surface area contributed by atoms with E-state index in [1.54, 1.807) is 24.5 Å². The quantitative estimate of drug-likeness (QED) is 0.815. The molecule has 18 heavy (non-hydrogen) atoms. The van der Waals surface area contributed by atoms with Crippen molar-refractivity contribution in [2.45, 2.75) is 12.8 Å². The van der Waals surface area contributed by atoms with Crippen LogP contribution in [0.4, 0.5) is 0 Å². The highest BCUT2D eigenvalue weighted by Crippen LogP contribution is 2.14. The van der Waals surface area contributed by atoms with Crippen LogP contribution in [-0.2, 0) is 0 Å². The van der Waals surface area contributed by atoms with Crippen molar-refractivity contribution in [1.29, 1.82) is 0 Å². The largest absolute Gasteiger partial charge is 0.396 e. The Morgan fingerprint density at radius 1 is 1.11 bits per heavy atom. The minimum absolute atomic E-state index is 0.00382. The normalized spacial score (nSPS) is 10.3. The second-order valence-corrected chi connectivity index (χ2v) is 3.90. The Hall–Kier alpha value is -2.07. The number of carbonyl (C=O) groups is 1. The molecular formula is C14H14N2O2. The zero-order chi connectivity index (χ0) is 12.8. The Morgan fingerprint density at radius 2 is 1.94 bits per heavy atom. The van der Waals surface area contributed by atoms with Gasteiger partial charge in [0.1, 0.15) is 0 Å². The van der Waals surface area contributed by atoms with Gasteiger partial charge in [0.05, 0.1) is 11.4 Å². The third-order valence-electron chi connectivity index (χ3n) is 2.57. The van der Waals surface area contributed by atoms with E-state index < -0.39 is 0 Å². The first kappa shape index (κ1) is 12.4. The van der Waals surface area contributed by atoms with Crippen LogP contribution in [0.3, 0.4) is 0 Å². The average molecular weight is 242 g/mol. The molecule has 2 aromatic heterocycles. The zero-order valence-corrected chi connectivity index (χ0v) is 9.91. The molecular weight excluding hydrogens is 228 g/mol. The van der Waals surface area contributed by atoms with Crippen LogP contribution in [0, 0.1) is 0 Å². The third-order valence-corrected chi connectivity index (χ3v) is 2.57. The lowest BCUT2D eigenvalue weighted by molar-refractivity contribution is 0.0971. The maximum atomic E-state index is 11.7. The molecule has 4 heteroatoms. The standard InChI is InChI=1S/C14H14N2O2/c17-9-3-5-14(18)11-6-7-13(16-10-11)12-4-1-2-8-15-12/h1-2,4,6-8,10,17H,3,5,9H2. The number of hydrogen-bond donors (Lipinski definition) is 1. The number of pyridine rings is 2. The highest BCUT2D eigenvalue weighted by molar-refractivity contribution is 5.95. The van der Waals surface area contributed by atoms with E-state index in [9.17, 15) is 4.79 Å². The Bertz CT molecular complexity index is 509. The van der Waals surface area contributed by atoms with E-state index in [-0.39, 0.29) is 12.4 Å². The van der Waals surface area contributed by atoms with Crippen molar-refractivity contribution in [2.75, 3.05) is 6.61 Å². The van der Waals surface area contributed by atoms with Crippen LogP contribution >= 0.6 is 0 Å². The number of aromatic nitrogens is 2. The Kier molecular flexibility index (Phi) is 4.15. The lowest BCUT2D eigenvalue weighted by atomic mass is 10.1. The second-order valence-electron chi connectivity index (χ2n) is 3.90. The molecule has 2 heterocycles. The summed E-state index contributed by atoms with van der Waals surface area (Å²) < 4.78 is 0. The van der Waals surface area contributed by atoms with E-state index >= 15 is 0 Å². The van der Waals surface area contributed by atoms with E-state index in [4.69, 9.17) is 5.11 Å². The average Bonchev–Trinajstić information content (AvgIpc) is 2.46. The van der Waals surface area contributed by atoms with Gasteiger partial charge in [-0.25, -0.2) is 0 Å². The fourth-order valence-corrected chi connectivity index (χ4v) is 1.61. The predicted octanol–water partition coefficient (Wildman–Crippen LogP) is 2.10. The fraction of sp³-hybridized carbons (Fsp3) is 0.214. The van der Waals surface area contributed by atoms with Gasteiger partial charge >= 0.3 is 0 Å². The van der Waals surface area contributed by atoms with E-state index in [2.05, 4.69) is 9.97 Å². The topological polar surface area (TPSA) is 63.1 Å². The summed E-state index contributed by atoms with van der Waals surface area (Å²) in [4.78, 5) is 20.1. The lowest BCUT2D eigenvalue weighted by Crippen LogP contribution is -2.01. The number of nitrogens with zero attached hydrogens (tertiary/aromatic N) is 2. The van der Waals surface area contributed by atoms with Crippen LogP contribution in [0.25, 0.3) is 11.4 Å². The van der Waals surface area contributed by atoms with E-state index in [0.29, 0.717) is 18.4 Å². The van der Waals surface area contributed by atoms with Crippen LogP contribution < -0.4 is 0 Å². The molecule has 0 bridgehead atoms. The first-order valence-electron chi connectivity index (χ1n) is 5.83. The number of rotatable bonds is 5. The summed E-state index contributed by atoms with van der Waals surface area (Å²) in [5, 5.41) is 8.68. The molecule has 0 aliphatic carbocycles. The van der Waals surface area contributed by atoms with Gasteiger partial charge in [-0.1, -0.05) is 6.07 Å². The third kappa shape index (κ3) is 2.99. The molecule has 0 amide bonds. The smallest absolute Gasteiger partial charge is 0.164 e. The summed E-state index contributed by atoms with van der Waals surface area (Å²) in [5.41, 5.74) is 2.10. The van der Waals surface area contributed by atoms with Gasteiger partial charge in [0.15, 0.2) is 5.78 Å². The van der Waals surface area contributed by atoms with Crippen LogP contribution in [0.1, 0.15) is 23.2 Å². The van der Waals surface area contributed by atoms with Gasteiger partial charge in [0.2, 0.25) is 0 Å². The maximum Gasteiger partial charge on any atom is 0.164 e. The Balaban J connectivity index is 2.13. The summed E-state index contributed by atoms with van der Waals surface area (Å²) in [6.45, 7) is 0.0329. The minimum Gasteiger partial charge on any atom is -0.396 e. The van der Waals surface area contributed by atoms with Gasteiger partial charge in [-0.2, -0.15) is 0 Å². The molecule has 0 spiro atoms. The van der Waals surface area contributed by atoms with Crippen LogP contribution in [0.15, 0.2) is 42.7 Å². The summed E-state index contributed by atoms with van der Waals surface area (Å²) in [7, 11) is 0. The second kappa shape index (κ2) is 6.02. The number of aliphatic hydroxyl groups is 1. The Labute approximate surface area is 105 Å². The maximum absolute atomic E-state index is 11.7. The number of ketones is 1. The molecule has 0 unspecified atom stereocenters. The molecule has 2 rings (SSSR count). The molecule has 0 atom stereocenters. The first-order valence-corrected chi connectivity index (χ1v) is 5.83. The molecule has 0 aliphatic heterocycles. The number of aliphatic hydroxyl groups excluding tert-OH is 1. The minimum atomic E-state index is 0.00382. The van der Waals surface area contributed by atoms with Crippen LogP contribution in [0.5, 0.6) is 0 Å². The summed E-state index contributed by atoms with van der Waals surface area (Å²) in [5.74, 6) is 0.00382.